The summed E-state index contributed by atoms with van der Waals surface area (Å²) in [5, 5.41) is 2.85. The molecule has 0 saturated heterocycles. The average molecular weight is 337 g/mol. The second-order valence-corrected chi connectivity index (χ2v) is 5.62. The molecule has 128 valence electrons. The number of anilines is 1. The molecular formula is C19H19N3O3. The Morgan fingerprint density at radius 1 is 0.920 bits per heavy atom. The molecule has 1 amide bonds. The number of fused-ring (bicyclic) bond motifs is 1. The number of carbonyl (C=O) groups excluding carboxylic acids is 1. The fraction of sp³-hybridized carbons (Fsp3) is 0.211. The molecule has 0 bridgehead atoms. The number of hydrogen-bond donors (Lipinski definition) is 1. The summed E-state index contributed by atoms with van der Waals surface area (Å²) in [6.07, 6.45) is 0. The number of ether oxygens (including phenoxy) is 2. The van der Waals surface area contributed by atoms with Gasteiger partial charge in [0.05, 0.1) is 42.3 Å². The molecular weight excluding hydrogens is 318 g/mol. The van der Waals surface area contributed by atoms with Gasteiger partial charge in [-0.15, -0.1) is 0 Å². The first-order chi connectivity index (χ1) is 12.0. The Hall–Kier alpha value is -3.15. The van der Waals surface area contributed by atoms with Crippen molar-refractivity contribution < 1.29 is 14.3 Å². The van der Waals surface area contributed by atoms with Gasteiger partial charge >= 0.3 is 0 Å². The van der Waals surface area contributed by atoms with E-state index in [0.29, 0.717) is 28.3 Å². The molecule has 0 radical (unpaired) electrons. The van der Waals surface area contributed by atoms with Gasteiger partial charge in [-0.3, -0.25) is 4.79 Å². The summed E-state index contributed by atoms with van der Waals surface area (Å²) < 4.78 is 10.5. The smallest absolute Gasteiger partial charge is 0.255 e. The molecule has 0 aliphatic heterocycles. The minimum Gasteiger partial charge on any atom is -0.497 e. The highest BCUT2D eigenvalue weighted by Crippen LogP contribution is 2.29. The van der Waals surface area contributed by atoms with E-state index in [2.05, 4.69) is 15.3 Å². The van der Waals surface area contributed by atoms with Crippen molar-refractivity contribution in [2.24, 2.45) is 0 Å². The van der Waals surface area contributed by atoms with Gasteiger partial charge in [-0.2, -0.15) is 0 Å². The van der Waals surface area contributed by atoms with Gasteiger partial charge in [0.1, 0.15) is 11.5 Å². The van der Waals surface area contributed by atoms with Crippen LogP contribution in [0.4, 0.5) is 5.69 Å². The molecule has 0 saturated carbocycles. The van der Waals surface area contributed by atoms with Gasteiger partial charge in [0, 0.05) is 11.6 Å². The Morgan fingerprint density at radius 3 is 2.32 bits per heavy atom. The van der Waals surface area contributed by atoms with Crippen molar-refractivity contribution in [2.45, 2.75) is 13.8 Å². The summed E-state index contributed by atoms with van der Waals surface area (Å²) in [7, 11) is 3.12. The summed E-state index contributed by atoms with van der Waals surface area (Å²) in [6, 6.07) is 10.5. The van der Waals surface area contributed by atoms with Crippen LogP contribution in [0.25, 0.3) is 11.0 Å². The first-order valence-corrected chi connectivity index (χ1v) is 7.80. The second-order valence-electron chi connectivity index (χ2n) is 5.62. The fourth-order valence-corrected chi connectivity index (χ4v) is 2.48. The van der Waals surface area contributed by atoms with Crippen molar-refractivity contribution in [1.82, 2.24) is 9.97 Å². The maximum Gasteiger partial charge on any atom is 0.255 e. The van der Waals surface area contributed by atoms with Crippen LogP contribution in [-0.2, 0) is 0 Å². The minimum atomic E-state index is -0.256. The number of aromatic nitrogens is 2. The van der Waals surface area contributed by atoms with E-state index in [1.807, 2.05) is 13.8 Å². The molecule has 0 aliphatic rings. The van der Waals surface area contributed by atoms with Crippen LogP contribution in [0, 0.1) is 13.8 Å². The lowest BCUT2D eigenvalue weighted by molar-refractivity contribution is 0.102. The number of methoxy groups -OCH3 is 2. The van der Waals surface area contributed by atoms with E-state index in [0.717, 1.165) is 16.9 Å². The van der Waals surface area contributed by atoms with Crippen LogP contribution in [0.5, 0.6) is 11.5 Å². The van der Waals surface area contributed by atoms with Crippen molar-refractivity contribution in [3.05, 3.63) is 53.3 Å². The number of nitrogens with one attached hydrogen (secondary N) is 1. The van der Waals surface area contributed by atoms with Crippen molar-refractivity contribution in [2.75, 3.05) is 19.5 Å². The third kappa shape index (κ3) is 3.38. The van der Waals surface area contributed by atoms with E-state index in [1.165, 1.54) is 0 Å². The number of amides is 1. The molecule has 1 N–H and O–H groups in total. The summed E-state index contributed by atoms with van der Waals surface area (Å²) in [5.41, 5.74) is 4.21. The maximum absolute atomic E-state index is 12.6. The first-order valence-electron chi connectivity index (χ1n) is 7.80. The molecule has 3 aromatic rings. The quantitative estimate of drug-likeness (QED) is 0.788. The van der Waals surface area contributed by atoms with Gasteiger partial charge in [0.15, 0.2) is 0 Å². The Labute approximate surface area is 145 Å². The van der Waals surface area contributed by atoms with Gasteiger partial charge in [-0.05, 0) is 44.2 Å². The molecule has 3 rings (SSSR count). The summed E-state index contributed by atoms with van der Waals surface area (Å²) in [5.74, 6) is 0.932. The van der Waals surface area contributed by atoms with Crippen molar-refractivity contribution in [1.29, 1.82) is 0 Å². The Bertz CT molecular complexity index is 954. The van der Waals surface area contributed by atoms with E-state index in [1.54, 1.807) is 50.6 Å². The van der Waals surface area contributed by atoms with E-state index in [9.17, 15) is 4.79 Å². The first kappa shape index (κ1) is 16.7. The Balaban J connectivity index is 1.93. The molecule has 1 heterocycles. The third-order valence-corrected chi connectivity index (χ3v) is 3.99. The molecule has 0 unspecified atom stereocenters. The number of benzene rings is 2. The van der Waals surface area contributed by atoms with Crippen LogP contribution in [0.2, 0.25) is 0 Å². The number of hydrogen-bond acceptors (Lipinski definition) is 5. The van der Waals surface area contributed by atoms with Crippen molar-refractivity contribution in [3.8, 4) is 11.5 Å². The SMILES string of the molecule is COc1ccc(OC)c(NC(=O)c2ccc3nc(C)c(C)nc3c2)c1. The molecule has 6 heteroatoms. The zero-order valence-electron chi connectivity index (χ0n) is 14.6. The van der Waals surface area contributed by atoms with Crippen LogP contribution < -0.4 is 14.8 Å². The maximum atomic E-state index is 12.6. The van der Waals surface area contributed by atoms with Crippen LogP contribution in [0.15, 0.2) is 36.4 Å². The molecule has 1 aromatic heterocycles. The lowest BCUT2D eigenvalue weighted by Crippen LogP contribution is -2.13. The highest BCUT2D eigenvalue weighted by atomic mass is 16.5. The fourth-order valence-electron chi connectivity index (χ4n) is 2.48. The van der Waals surface area contributed by atoms with Gasteiger partial charge < -0.3 is 14.8 Å². The topological polar surface area (TPSA) is 73.3 Å². The molecule has 2 aromatic carbocycles. The van der Waals surface area contributed by atoms with E-state index in [-0.39, 0.29) is 5.91 Å². The van der Waals surface area contributed by atoms with Crippen LogP contribution >= 0.6 is 0 Å². The van der Waals surface area contributed by atoms with Crippen LogP contribution in [0.3, 0.4) is 0 Å². The third-order valence-electron chi connectivity index (χ3n) is 3.99. The number of nitrogens with zero attached hydrogens (tertiary/aromatic N) is 2. The molecule has 25 heavy (non-hydrogen) atoms. The zero-order valence-corrected chi connectivity index (χ0v) is 14.6. The molecule has 6 nitrogen and oxygen atoms in total. The van der Waals surface area contributed by atoms with Crippen molar-refractivity contribution in [3.63, 3.8) is 0 Å². The predicted molar refractivity (Wildman–Crippen MR) is 96.5 cm³/mol. The van der Waals surface area contributed by atoms with Gasteiger partial charge in [-0.25, -0.2) is 9.97 Å². The van der Waals surface area contributed by atoms with E-state index < -0.39 is 0 Å². The number of carbonyl (C=O) groups is 1. The summed E-state index contributed by atoms with van der Waals surface area (Å²) >= 11 is 0. The molecule has 0 fully saturated rings. The van der Waals surface area contributed by atoms with Crippen LogP contribution in [0.1, 0.15) is 21.7 Å². The predicted octanol–water partition coefficient (Wildman–Crippen LogP) is 3.52. The molecule has 0 spiro atoms. The van der Waals surface area contributed by atoms with E-state index >= 15 is 0 Å². The highest BCUT2D eigenvalue weighted by molar-refractivity contribution is 6.06. The Morgan fingerprint density at radius 2 is 1.64 bits per heavy atom. The van der Waals surface area contributed by atoms with Gasteiger partial charge in [0.2, 0.25) is 0 Å². The van der Waals surface area contributed by atoms with Crippen LogP contribution in [-0.4, -0.2) is 30.1 Å². The average Bonchev–Trinajstić information content (AvgIpc) is 2.62. The highest BCUT2D eigenvalue weighted by Gasteiger charge is 2.12. The minimum absolute atomic E-state index is 0.256. The second kappa shape index (κ2) is 6.76. The summed E-state index contributed by atoms with van der Waals surface area (Å²) in [4.78, 5) is 21.6. The Kier molecular flexibility index (Phi) is 4.52. The van der Waals surface area contributed by atoms with Gasteiger partial charge in [-0.1, -0.05) is 0 Å². The largest absolute Gasteiger partial charge is 0.497 e. The van der Waals surface area contributed by atoms with Gasteiger partial charge in [0.25, 0.3) is 5.91 Å². The monoisotopic (exact) mass is 337 g/mol. The normalized spacial score (nSPS) is 10.6. The van der Waals surface area contributed by atoms with E-state index in [4.69, 9.17) is 9.47 Å². The lowest BCUT2D eigenvalue weighted by atomic mass is 10.1. The summed E-state index contributed by atoms with van der Waals surface area (Å²) in [6.45, 7) is 3.81. The lowest BCUT2D eigenvalue weighted by Gasteiger charge is -2.12. The number of aryl methyl sites for hydroxylation is 2. The number of rotatable bonds is 4. The standard InChI is InChI=1S/C19H19N3O3/c1-11-12(2)21-16-9-13(5-7-15(16)20-11)19(23)22-17-10-14(24-3)6-8-18(17)25-4/h5-10H,1-4H3,(H,22,23). The zero-order chi connectivity index (χ0) is 18.0. The van der Waals surface area contributed by atoms with Crippen molar-refractivity contribution >= 4 is 22.6 Å². The molecule has 0 atom stereocenters. The molecule has 0 aliphatic carbocycles.